The standard InChI is InChI=1S/C19H16ClFN2O2S.C19H17FN2O2S.C18H11ClF4N2O2S.C18H14ClFN2O3S.C17H12ClFN2O2S/c1-2-12-6-8-13(9-7-12)23-17(18(24)25)10-22-19(23)26-11-14-15(20)4-3-5-16(14)21;1-12-4-3-5-13(2)16(12)11-25-19-21-10-17(18(23)24)22(19)15-8-6-14(20)7-9-15;19-13-2-1-3-14(20)12(13)9-28-17-24-8-15(16(26)27)25(17)11-6-4-10(5-7-11)18(21,22)23;1-25-12-7-5-11(6-8-12)22-16(17(23)24)9-21-18(22)26-10-13-14(19)3-2-4-15(13)20;18-13-7-4-8-14(19)12(13)10-24-17-20-9-15(16(22)23)21(17)11-5-2-1-3-6-11/h3-10H,2,11H2,1H3,(H,24,25);3-10H,11H2,1-2H3,(H,23,24);1-8H,9H2,(H,26,27);2-9H,10H2,1H3,(H,23,24);1-9H,10H2,(H,22,23). The van der Waals surface area contributed by atoms with E-state index in [1.807, 2.05) is 55.5 Å². The number of rotatable bonds is 27. The molecule has 5 heterocycles. The van der Waals surface area contributed by atoms with Gasteiger partial charge in [-0.05, 0) is 188 Å². The van der Waals surface area contributed by atoms with Crippen LogP contribution in [0.1, 0.15) is 109 Å². The molecule has 0 bridgehead atoms. The Kier molecular flexibility index (Phi) is 34.1. The molecule has 0 atom stereocenters. The number of methoxy groups -OCH3 is 1. The maximum Gasteiger partial charge on any atom is 0.416 e. The Morgan fingerprint density at radius 1 is 0.341 bits per heavy atom. The molecule has 0 aliphatic rings. The normalized spacial score (nSPS) is 11.0. The number of thioether (sulfide) groups is 5. The molecule has 38 heteroatoms. The molecule has 664 valence electrons. The monoisotopic (exact) mass is 1930 g/mol. The largest absolute Gasteiger partial charge is 0.497 e. The number of hydrogen-bond donors (Lipinski definition) is 5. The molecule has 0 radical (unpaired) electrons. The van der Waals surface area contributed by atoms with Gasteiger partial charge in [-0.1, -0.05) is 185 Å². The quantitative estimate of drug-likeness (QED) is 0.0236. The van der Waals surface area contributed by atoms with Crippen LogP contribution in [-0.4, -0.2) is 110 Å². The average molecular weight is 1930 g/mol. The van der Waals surface area contributed by atoms with Crippen LogP contribution in [0.4, 0.5) is 35.1 Å². The summed E-state index contributed by atoms with van der Waals surface area (Å²) in [7, 11) is 1.55. The third-order valence-corrected chi connectivity index (χ3v) is 25.2. The fourth-order valence-corrected chi connectivity index (χ4v) is 18.7. The van der Waals surface area contributed by atoms with Gasteiger partial charge in [-0.15, -0.1) is 0 Å². The van der Waals surface area contributed by atoms with E-state index in [1.54, 1.807) is 95.1 Å². The lowest BCUT2D eigenvalue weighted by Gasteiger charge is -2.12. The third-order valence-electron chi connectivity index (χ3n) is 18.8. The molecule has 10 aromatic carbocycles. The van der Waals surface area contributed by atoms with Gasteiger partial charge in [0.25, 0.3) is 0 Å². The van der Waals surface area contributed by atoms with Crippen LogP contribution in [0.5, 0.6) is 5.75 Å². The molecule has 21 nitrogen and oxygen atoms in total. The summed E-state index contributed by atoms with van der Waals surface area (Å²) in [6, 6.07) is 57.1. The lowest BCUT2D eigenvalue weighted by Crippen LogP contribution is -2.09. The van der Waals surface area contributed by atoms with Gasteiger partial charge in [0.05, 0.1) is 43.7 Å². The van der Waals surface area contributed by atoms with Crippen molar-refractivity contribution in [2.45, 2.75) is 87.9 Å². The number of nitrogens with zero attached hydrogens (tertiary/aromatic N) is 10. The number of carboxylic acid groups (broad SMARTS) is 5. The zero-order valence-corrected chi connectivity index (χ0v) is 74.8. The molecule has 5 N–H and O–H groups in total. The van der Waals surface area contributed by atoms with Crippen molar-refractivity contribution in [3.63, 3.8) is 0 Å². The molecule has 15 rings (SSSR count). The second-order valence-corrected chi connectivity index (χ2v) is 33.4. The number of alkyl halides is 3. The first-order chi connectivity index (χ1) is 61.7. The molecule has 129 heavy (non-hydrogen) atoms. The summed E-state index contributed by atoms with van der Waals surface area (Å²) in [6.07, 6.45) is 2.68. The van der Waals surface area contributed by atoms with Crippen molar-refractivity contribution < 1.29 is 89.4 Å². The van der Waals surface area contributed by atoms with Gasteiger partial charge in [0, 0.05) is 99.5 Å². The zero-order chi connectivity index (χ0) is 92.9. The maximum absolute atomic E-state index is 14.0. The minimum Gasteiger partial charge on any atom is -0.497 e. The number of halogens is 12. The van der Waals surface area contributed by atoms with Gasteiger partial charge in [-0.2, -0.15) is 13.2 Å². The van der Waals surface area contributed by atoms with Gasteiger partial charge in [0.1, 0.15) is 34.8 Å². The number of para-hydroxylation sites is 1. The Morgan fingerprint density at radius 3 is 0.860 bits per heavy atom. The van der Waals surface area contributed by atoms with Crippen molar-refractivity contribution in [3.05, 3.63) is 377 Å². The predicted octanol–water partition coefficient (Wildman–Crippen LogP) is 24.8. The highest BCUT2D eigenvalue weighted by Gasteiger charge is 2.31. The highest BCUT2D eigenvalue weighted by Crippen LogP contribution is 2.38. The molecular weight excluding hydrogens is 1860 g/mol. The number of imidazole rings is 5. The van der Waals surface area contributed by atoms with Crippen molar-refractivity contribution >= 4 is 135 Å². The lowest BCUT2D eigenvalue weighted by molar-refractivity contribution is -0.137. The Bertz CT molecular complexity index is 6260. The number of carbonyl (C=O) groups is 5. The van der Waals surface area contributed by atoms with Gasteiger partial charge in [-0.3, -0.25) is 22.8 Å². The van der Waals surface area contributed by atoms with E-state index in [0.717, 1.165) is 54.2 Å². The number of benzene rings is 10. The first-order valence-electron chi connectivity index (χ1n) is 37.9. The number of aromatic nitrogens is 10. The number of ether oxygens (including phenoxy) is 1. The van der Waals surface area contributed by atoms with E-state index in [0.29, 0.717) is 86.6 Å². The molecule has 0 saturated carbocycles. The van der Waals surface area contributed by atoms with Crippen LogP contribution in [0.25, 0.3) is 28.4 Å². The highest BCUT2D eigenvalue weighted by molar-refractivity contribution is 7.99. The third kappa shape index (κ3) is 24.8. The van der Waals surface area contributed by atoms with E-state index in [-0.39, 0.29) is 78.7 Å². The molecule has 0 fully saturated rings. The Labute approximate surface area is 772 Å². The molecule has 0 aliphatic carbocycles. The van der Waals surface area contributed by atoms with Crippen molar-refractivity contribution in [2.24, 2.45) is 0 Å². The van der Waals surface area contributed by atoms with Gasteiger partial charge in [0.15, 0.2) is 54.3 Å². The Hall–Kier alpha value is -12.3. The summed E-state index contributed by atoms with van der Waals surface area (Å²) >= 11 is 30.3. The summed E-state index contributed by atoms with van der Waals surface area (Å²) in [5.74, 6) is -5.64. The van der Waals surface area contributed by atoms with E-state index in [1.165, 1.54) is 157 Å². The van der Waals surface area contributed by atoms with Crippen LogP contribution in [0.2, 0.25) is 20.1 Å². The average Bonchev–Trinajstić information content (AvgIpc) is 1.64. The second-order valence-electron chi connectivity index (χ2n) is 27.0. The fraction of sp³-hybridized carbons (Fsp3) is 0.121. The van der Waals surface area contributed by atoms with Gasteiger partial charge in [-0.25, -0.2) is 70.8 Å². The van der Waals surface area contributed by atoms with E-state index in [2.05, 4.69) is 50.9 Å². The minimum atomic E-state index is -4.51. The summed E-state index contributed by atoms with van der Waals surface area (Å²) in [4.78, 5) is 78.4. The SMILES string of the molecule is CCc1ccc(-n2c(C(=O)O)cnc2SCc2c(F)cccc2Cl)cc1.COc1ccc(-n2c(C(=O)O)cnc2SCc2c(F)cccc2Cl)cc1.Cc1cccc(C)c1CSc1ncc(C(=O)O)n1-c1ccc(F)cc1.O=C(O)c1cnc(SCc2c(F)cccc2Cl)n1-c1ccc(C(F)(F)F)cc1.O=C(O)c1cnc(SCc2c(F)cccc2Cl)n1-c1ccccc1. The summed E-state index contributed by atoms with van der Waals surface area (Å²) in [5, 5.41) is 50.3. The topological polar surface area (TPSA) is 285 Å². The van der Waals surface area contributed by atoms with E-state index < -0.39 is 64.9 Å². The van der Waals surface area contributed by atoms with Crippen LogP contribution < -0.4 is 4.74 Å². The van der Waals surface area contributed by atoms with E-state index >= 15 is 0 Å². The van der Waals surface area contributed by atoms with E-state index in [9.17, 15) is 84.6 Å². The van der Waals surface area contributed by atoms with Crippen molar-refractivity contribution in [1.82, 2.24) is 47.8 Å². The summed E-state index contributed by atoms with van der Waals surface area (Å²) in [5.41, 5.74) is 7.83. The molecular formula is C91H70Cl4F8N10O11S5. The first kappa shape index (κ1) is 97.4. The van der Waals surface area contributed by atoms with Crippen molar-refractivity contribution in [2.75, 3.05) is 7.11 Å². The van der Waals surface area contributed by atoms with Crippen LogP contribution in [0.15, 0.2) is 275 Å². The lowest BCUT2D eigenvalue weighted by atomic mass is 10.1. The molecule has 15 aromatic rings. The maximum atomic E-state index is 14.0. The Balaban J connectivity index is 0.000000156. The van der Waals surface area contributed by atoms with E-state index in [4.69, 9.17) is 51.1 Å². The zero-order valence-electron chi connectivity index (χ0n) is 67.6. The van der Waals surface area contributed by atoms with Crippen LogP contribution in [0.3, 0.4) is 0 Å². The molecule has 0 unspecified atom stereocenters. The second kappa shape index (κ2) is 45.1. The number of aryl methyl sites for hydroxylation is 3. The highest BCUT2D eigenvalue weighted by atomic mass is 35.5. The van der Waals surface area contributed by atoms with Crippen LogP contribution in [-0.2, 0) is 41.4 Å². The summed E-state index contributed by atoms with van der Waals surface area (Å²) < 4.78 is 120. The summed E-state index contributed by atoms with van der Waals surface area (Å²) in [6.45, 7) is 6.16. The predicted molar refractivity (Wildman–Crippen MR) is 483 cm³/mol. The first-order valence-corrected chi connectivity index (χ1v) is 44.4. The number of carboxylic acids is 5. The Morgan fingerprint density at radius 2 is 0.597 bits per heavy atom. The molecule has 0 aliphatic heterocycles. The minimum absolute atomic E-state index is 0.0114. The smallest absolute Gasteiger partial charge is 0.416 e. The van der Waals surface area contributed by atoms with Gasteiger partial charge in [0.2, 0.25) is 0 Å². The van der Waals surface area contributed by atoms with Gasteiger partial charge >= 0.3 is 36.0 Å². The number of aromatic carboxylic acids is 5. The van der Waals surface area contributed by atoms with Crippen molar-refractivity contribution in [1.29, 1.82) is 0 Å². The fourth-order valence-electron chi connectivity index (χ4n) is 12.2. The van der Waals surface area contributed by atoms with Crippen LogP contribution in [0, 0.1) is 42.9 Å². The molecule has 0 spiro atoms. The van der Waals surface area contributed by atoms with Crippen molar-refractivity contribution in [3.8, 4) is 34.2 Å². The van der Waals surface area contributed by atoms with Gasteiger partial charge < -0.3 is 30.3 Å². The van der Waals surface area contributed by atoms with Crippen LogP contribution >= 0.6 is 105 Å². The number of hydrogen-bond acceptors (Lipinski definition) is 16. The molecule has 5 aromatic heterocycles. The molecule has 0 amide bonds. The molecule has 0 saturated heterocycles.